The Morgan fingerprint density at radius 3 is 2.68 bits per heavy atom. The highest BCUT2D eigenvalue weighted by Gasteiger charge is 1.99. The first-order valence-electron chi connectivity index (χ1n) is 6.18. The van der Waals surface area contributed by atoms with Gasteiger partial charge in [0.2, 0.25) is 0 Å². The Morgan fingerprint density at radius 1 is 1.05 bits per heavy atom. The molecule has 0 unspecified atom stereocenters. The second-order valence-corrected chi connectivity index (χ2v) is 5.19. The second kappa shape index (κ2) is 5.33. The van der Waals surface area contributed by atoms with Crippen molar-refractivity contribution >= 4 is 27.8 Å². The molecular weight excluding hydrogens is 254 g/mol. The van der Waals surface area contributed by atoms with Crippen molar-refractivity contribution in [1.82, 2.24) is 0 Å². The highest BCUT2D eigenvalue weighted by Crippen LogP contribution is 2.22. The number of ether oxygens (including phenoxy) is 1. The molecule has 0 aliphatic heterocycles. The summed E-state index contributed by atoms with van der Waals surface area (Å²) in [4.78, 5) is 0. The molecule has 0 saturated carbocycles. The minimum atomic E-state index is 0.846. The van der Waals surface area contributed by atoms with Crippen molar-refractivity contribution in [2.75, 3.05) is 12.4 Å². The van der Waals surface area contributed by atoms with E-state index in [4.69, 9.17) is 4.74 Å². The predicted molar refractivity (Wildman–Crippen MR) is 82.1 cm³/mol. The van der Waals surface area contributed by atoms with Gasteiger partial charge in [-0.25, -0.2) is 0 Å². The van der Waals surface area contributed by atoms with E-state index in [1.165, 1.54) is 22.0 Å². The predicted octanol–water partition coefficient (Wildman–Crippen LogP) is 4.52. The molecule has 0 radical (unpaired) electrons. The molecule has 2 nitrogen and oxygen atoms in total. The molecule has 1 N–H and O–H groups in total. The van der Waals surface area contributed by atoms with Crippen LogP contribution in [0.3, 0.4) is 0 Å². The van der Waals surface area contributed by atoms with Gasteiger partial charge in [0.1, 0.15) is 5.75 Å². The van der Waals surface area contributed by atoms with Crippen LogP contribution in [0, 0.1) is 0 Å². The van der Waals surface area contributed by atoms with Gasteiger partial charge in [-0.1, -0.05) is 18.2 Å². The Kier molecular flexibility index (Phi) is 3.38. The monoisotopic (exact) mass is 269 g/mol. The van der Waals surface area contributed by atoms with Crippen molar-refractivity contribution < 1.29 is 4.74 Å². The lowest BCUT2D eigenvalue weighted by atomic mass is 10.1. The summed E-state index contributed by atoms with van der Waals surface area (Å²) in [6.07, 6.45) is 0. The molecule has 1 aromatic heterocycles. The maximum absolute atomic E-state index is 5.24. The summed E-state index contributed by atoms with van der Waals surface area (Å²) in [6.45, 7) is 0.846. The quantitative estimate of drug-likeness (QED) is 0.751. The van der Waals surface area contributed by atoms with E-state index in [9.17, 15) is 0 Å². The van der Waals surface area contributed by atoms with Crippen LogP contribution in [0.15, 0.2) is 53.2 Å². The number of nitrogens with one attached hydrogen (secondary N) is 1. The van der Waals surface area contributed by atoms with E-state index >= 15 is 0 Å². The van der Waals surface area contributed by atoms with Crippen LogP contribution >= 0.6 is 11.3 Å². The molecule has 0 saturated heterocycles. The van der Waals surface area contributed by atoms with E-state index in [1.54, 1.807) is 18.4 Å². The van der Waals surface area contributed by atoms with E-state index in [0.29, 0.717) is 0 Å². The Hall–Kier alpha value is -2.00. The number of benzene rings is 2. The average molecular weight is 269 g/mol. The zero-order valence-electron chi connectivity index (χ0n) is 10.7. The molecule has 19 heavy (non-hydrogen) atoms. The molecule has 96 valence electrons. The lowest BCUT2D eigenvalue weighted by Crippen LogP contribution is -1.97. The van der Waals surface area contributed by atoms with Crippen molar-refractivity contribution in [1.29, 1.82) is 0 Å². The van der Waals surface area contributed by atoms with Crippen molar-refractivity contribution in [2.45, 2.75) is 6.54 Å². The zero-order valence-corrected chi connectivity index (χ0v) is 11.5. The molecule has 3 rings (SSSR count). The largest absolute Gasteiger partial charge is 0.497 e. The van der Waals surface area contributed by atoms with Gasteiger partial charge in [-0.2, -0.15) is 11.3 Å². The highest BCUT2D eigenvalue weighted by molar-refractivity contribution is 7.08. The van der Waals surface area contributed by atoms with E-state index in [1.807, 2.05) is 6.07 Å². The molecule has 0 fully saturated rings. The van der Waals surface area contributed by atoms with Crippen LogP contribution < -0.4 is 10.1 Å². The summed E-state index contributed by atoms with van der Waals surface area (Å²) in [5.74, 6) is 0.900. The van der Waals surface area contributed by atoms with E-state index in [2.05, 4.69) is 52.5 Å². The van der Waals surface area contributed by atoms with Crippen LogP contribution in [0.25, 0.3) is 10.8 Å². The number of rotatable bonds is 4. The third-order valence-corrected chi connectivity index (χ3v) is 3.81. The van der Waals surface area contributed by atoms with Gasteiger partial charge in [0.25, 0.3) is 0 Å². The van der Waals surface area contributed by atoms with E-state index in [-0.39, 0.29) is 0 Å². The molecule has 2 aromatic carbocycles. The van der Waals surface area contributed by atoms with Gasteiger partial charge in [0.15, 0.2) is 0 Å². The highest BCUT2D eigenvalue weighted by atomic mass is 32.1. The summed E-state index contributed by atoms with van der Waals surface area (Å²) in [5.41, 5.74) is 2.46. The van der Waals surface area contributed by atoms with Gasteiger partial charge in [-0.15, -0.1) is 0 Å². The molecular formula is C16H15NOS. The van der Waals surface area contributed by atoms with Gasteiger partial charge < -0.3 is 10.1 Å². The van der Waals surface area contributed by atoms with Crippen molar-refractivity contribution in [3.8, 4) is 5.75 Å². The van der Waals surface area contributed by atoms with Gasteiger partial charge in [0, 0.05) is 17.6 Å². The molecule has 3 aromatic rings. The Balaban J connectivity index is 1.81. The number of methoxy groups -OCH3 is 1. The molecule has 3 heteroatoms. The summed E-state index contributed by atoms with van der Waals surface area (Å²) in [6, 6.07) is 14.8. The smallest absolute Gasteiger partial charge is 0.119 e. The minimum Gasteiger partial charge on any atom is -0.497 e. The van der Waals surface area contributed by atoms with Gasteiger partial charge in [0.05, 0.1) is 7.11 Å². The summed E-state index contributed by atoms with van der Waals surface area (Å²) in [7, 11) is 1.69. The molecule has 1 heterocycles. The van der Waals surface area contributed by atoms with Crippen LogP contribution in [-0.2, 0) is 6.54 Å². The topological polar surface area (TPSA) is 21.3 Å². The second-order valence-electron chi connectivity index (χ2n) is 4.41. The van der Waals surface area contributed by atoms with Gasteiger partial charge in [-0.3, -0.25) is 0 Å². The summed E-state index contributed by atoms with van der Waals surface area (Å²) < 4.78 is 5.24. The van der Waals surface area contributed by atoms with Crippen LogP contribution in [0.4, 0.5) is 5.69 Å². The molecule has 0 bridgehead atoms. The van der Waals surface area contributed by atoms with Crippen LogP contribution in [0.2, 0.25) is 0 Å². The maximum atomic E-state index is 5.24. The average Bonchev–Trinajstić information content (AvgIpc) is 2.97. The van der Waals surface area contributed by atoms with Gasteiger partial charge >= 0.3 is 0 Å². The van der Waals surface area contributed by atoms with Crippen molar-refractivity contribution in [2.24, 2.45) is 0 Å². The van der Waals surface area contributed by atoms with Crippen LogP contribution in [-0.4, -0.2) is 7.11 Å². The first kappa shape index (κ1) is 12.1. The molecule has 0 aliphatic carbocycles. The third kappa shape index (κ3) is 2.71. The fourth-order valence-corrected chi connectivity index (χ4v) is 2.69. The van der Waals surface area contributed by atoms with Crippen LogP contribution in [0.1, 0.15) is 5.56 Å². The fraction of sp³-hybridized carbons (Fsp3) is 0.125. The fourth-order valence-electron chi connectivity index (χ4n) is 2.08. The first-order chi connectivity index (χ1) is 9.35. The Morgan fingerprint density at radius 2 is 1.89 bits per heavy atom. The maximum Gasteiger partial charge on any atom is 0.119 e. The van der Waals surface area contributed by atoms with E-state index < -0.39 is 0 Å². The van der Waals surface area contributed by atoms with Crippen molar-refractivity contribution in [3.63, 3.8) is 0 Å². The number of hydrogen-bond acceptors (Lipinski definition) is 3. The standard InChI is InChI=1S/C16H15NOS/c1-18-16-5-4-13-8-12(2-3-14(13)9-16)10-17-15-6-7-19-11-15/h2-9,11,17H,10H2,1H3. The molecule has 0 spiro atoms. The molecule has 0 amide bonds. The number of fused-ring (bicyclic) bond motifs is 1. The minimum absolute atomic E-state index is 0.846. The van der Waals surface area contributed by atoms with Crippen molar-refractivity contribution in [3.05, 3.63) is 58.8 Å². The summed E-state index contributed by atoms with van der Waals surface area (Å²) in [5, 5.41) is 10.1. The number of hydrogen-bond donors (Lipinski definition) is 1. The number of anilines is 1. The number of thiophene rings is 1. The first-order valence-corrected chi connectivity index (χ1v) is 7.12. The summed E-state index contributed by atoms with van der Waals surface area (Å²) >= 11 is 1.70. The zero-order chi connectivity index (χ0) is 13.1. The lowest BCUT2D eigenvalue weighted by Gasteiger charge is -2.07. The third-order valence-electron chi connectivity index (χ3n) is 3.13. The normalized spacial score (nSPS) is 10.6. The molecule has 0 atom stereocenters. The van der Waals surface area contributed by atoms with Gasteiger partial charge in [-0.05, 0) is 46.0 Å². The SMILES string of the molecule is COc1ccc2cc(CNc3ccsc3)ccc2c1. The van der Waals surface area contributed by atoms with Crippen LogP contribution in [0.5, 0.6) is 5.75 Å². The lowest BCUT2D eigenvalue weighted by molar-refractivity contribution is 0.415. The molecule has 0 aliphatic rings. The Labute approximate surface area is 116 Å². The van der Waals surface area contributed by atoms with E-state index in [0.717, 1.165) is 12.3 Å². The Bertz CT molecular complexity index is 676.